The highest BCUT2D eigenvalue weighted by molar-refractivity contribution is 7.89. The summed E-state index contributed by atoms with van der Waals surface area (Å²) in [5, 5.41) is 7.25. The summed E-state index contributed by atoms with van der Waals surface area (Å²) in [6.45, 7) is 6.85. The van der Waals surface area contributed by atoms with E-state index in [2.05, 4.69) is 10.4 Å². The number of fused-ring (bicyclic) bond motifs is 1. The predicted molar refractivity (Wildman–Crippen MR) is 90.0 cm³/mol. The second-order valence-corrected chi connectivity index (χ2v) is 8.86. The lowest BCUT2D eigenvalue weighted by atomic mass is 9.82. The van der Waals surface area contributed by atoms with Crippen molar-refractivity contribution in [1.29, 1.82) is 0 Å². The molecule has 1 amide bonds. The SMILES string of the molecule is CCn1ncc(S(=O)(=O)N2CCCC[C@]3(C)NC(=O)CC[C@H]23)c1C. The Morgan fingerprint density at radius 2 is 2.17 bits per heavy atom. The minimum Gasteiger partial charge on any atom is -0.349 e. The Morgan fingerprint density at radius 3 is 2.83 bits per heavy atom. The quantitative estimate of drug-likeness (QED) is 0.890. The predicted octanol–water partition coefficient (Wildman–Crippen LogP) is 1.42. The average molecular weight is 354 g/mol. The van der Waals surface area contributed by atoms with Gasteiger partial charge in [0.2, 0.25) is 15.9 Å². The lowest BCUT2D eigenvalue weighted by Gasteiger charge is -2.45. The molecule has 1 aromatic heterocycles. The molecule has 1 N–H and O–H groups in total. The monoisotopic (exact) mass is 354 g/mol. The van der Waals surface area contributed by atoms with Crippen molar-refractivity contribution < 1.29 is 13.2 Å². The van der Waals surface area contributed by atoms with Crippen LogP contribution in [-0.4, -0.2) is 46.5 Å². The second kappa shape index (κ2) is 6.15. The molecule has 0 spiro atoms. The molecular weight excluding hydrogens is 328 g/mol. The Labute approximate surface area is 143 Å². The number of nitrogens with one attached hydrogen (secondary N) is 1. The molecule has 3 rings (SSSR count). The highest BCUT2D eigenvalue weighted by Gasteiger charge is 2.48. The first kappa shape index (κ1) is 17.4. The number of hydrogen-bond donors (Lipinski definition) is 1. The van der Waals surface area contributed by atoms with Crippen LogP contribution in [0.2, 0.25) is 0 Å². The van der Waals surface area contributed by atoms with E-state index in [0.717, 1.165) is 19.3 Å². The van der Waals surface area contributed by atoms with Gasteiger partial charge in [-0.2, -0.15) is 9.40 Å². The van der Waals surface area contributed by atoms with Gasteiger partial charge in [-0.25, -0.2) is 8.42 Å². The molecule has 1 aromatic rings. The van der Waals surface area contributed by atoms with E-state index >= 15 is 0 Å². The van der Waals surface area contributed by atoms with Crippen LogP contribution in [0.3, 0.4) is 0 Å². The zero-order valence-corrected chi connectivity index (χ0v) is 15.4. The number of carbonyl (C=O) groups is 1. The Hall–Kier alpha value is -1.41. The third kappa shape index (κ3) is 2.75. The van der Waals surface area contributed by atoms with Crippen molar-refractivity contribution in [1.82, 2.24) is 19.4 Å². The third-order valence-electron chi connectivity index (χ3n) is 5.42. The van der Waals surface area contributed by atoms with Crippen LogP contribution in [0.15, 0.2) is 11.1 Å². The van der Waals surface area contributed by atoms with E-state index in [0.29, 0.717) is 31.6 Å². The van der Waals surface area contributed by atoms with Gasteiger partial charge in [-0.15, -0.1) is 0 Å². The Bertz CT molecular complexity index is 743. The molecule has 134 valence electrons. The maximum Gasteiger partial charge on any atom is 0.246 e. The van der Waals surface area contributed by atoms with Gasteiger partial charge in [0, 0.05) is 25.6 Å². The van der Waals surface area contributed by atoms with E-state index < -0.39 is 15.6 Å². The maximum atomic E-state index is 13.3. The number of amides is 1. The standard InChI is InChI=1S/C16H26N4O3S/c1-4-19-12(2)13(11-17-19)24(22,23)20-10-6-5-9-16(3)14(20)7-8-15(21)18-16/h11,14H,4-10H2,1-3H3,(H,18,21)/t14-,16-/m0/s1. The van der Waals surface area contributed by atoms with Gasteiger partial charge < -0.3 is 5.32 Å². The summed E-state index contributed by atoms with van der Waals surface area (Å²) >= 11 is 0. The van der Waals surface area contributed by atoms with E-state index in [1.165, 1.54) is 6.20 Å². The van der Waals surface area contributed by atoms with Gasteiger partial charge in [0.05, 0.1) is 17.4 Å². The molecule has 2 atom stereocenters. The molecule has 0 bridgehead atoms. The smallest absolute Gasteiger partial charge is 0.246 e. The summed E-state index contributed by atoms with van der Waals surface area (Å²) in [7, 11) is -3.63. The molecule has 7 nitrogen and oxygen atoms in total. The molecule has 24 heavy (non-hydrogen) atoms. The fourth-order valence-electron chi connectivity index (χ4n) is 4.07. The number of rotatable bonds is 3. The summed E-state index contributed by atoms with van der Waals surface area (Å²) in [4.78, 5) is 12.1. The molecule has 0 aliphatic carbocycles. The summed E-state index contributed by atoms with van der Waals surface area (Å²) in [6, 6.07) is -0.202. The minimum absolute atomic E-state index is 0.0166. The summed E-state index contributed by atoms with van der Waals surface area (Å²) in [5.41, 5.74) is 0.177. The van der Waals surface area contributed by atoms with Gasteiger partial charge in [-0.3, -0.25) is 9.48 Å². The first-order valence-electron chi connectivity index (χ1n) is 8.65. The summed E-state index contributed by atoms with van der Waals surface area (Å²) in [5.74, 6) is 0.0166. The highest BCUT2D eigenvalue weighted by atomic mass is 32.2. The van der Waals surface area contributed by atoms with E-state index in [4.69, 9.17) is 0 Å². The van der Waals surface area contributed by atoms with Crippen LogP contribution in [0.4, 0.5) is 0 Å². The fourth-order valence-corrected chi connectivity index (χ4v) is 6.03. The molecule has 0 unspecified atom stereocenters. The zero-order valence-electron chi connectivity index (χ0n) is 14.6. The molecule has 2 saturated heterocycles. The highest BCUT2D eigenvalue weighted by Crippen LogP contribution is 2.36. The van der Waals surface area contributed by atoms with Gasteiger partial charge >= 0.3 is 0 Å². The van der Waals surface area contributed by atoms with Crippen LogP contribution in [0, 0.1) is 6.92 Å². The van der Waals surface area contributed by atoms with Crippen LogP contribution >= 0.6 is 0 Å². The van der Waals surface area contributed by atoms with E-state index in [1.54, 1.807) is 15.9 Å². The Kier molecular flexibility index (Phi) is 4.46. The van der Waals surface area contributed by atoms with Crippen LogP contribution in [0.1, 0.15) is 51.6 Å². The fraction of sp³-hybridized carbons (Fsp3) is 0.750. The molecule has 2 aliphatic heterocycles. The molecule has 2 fully saturated rings. The number of aromatic nitrogens is 2. The first-order chi connectivity index (χ1) is 11.3. The molecule has 0 aromatic carbocycles. The first-order valence-corrected chi connectivity index (χ1v) is 10.1. The largest absolute Gasteiger partial charge is 0.349 e. The van der Waals surface area contributed by atoms with Crippen molar-refractivity contribution in [2.24, 2.45) is 0 Å². The Morgan fingerprint density at radius 1 is 1.42 bits per heavy atom. The number of carbonyl (C=O) groups excluding carboxylic acids is 1. The number of nitrogens with zero attached hydrogens (tertiary/aromatic N) is 3. The lowest BCUT2D eigenvalue weighted by Crippen LogP contribution is -2.63. The average Bonchev–Trinajstić information content (AvgIpc) is 2.80. The van der Waals surface area contributed by atoms with Crippen molar-refractivity contribution in [3.05, 3.63) is 11.9 Å². The summed E-state index contributed by atoms with van der Waals surface area (Å²) < 4.78 is 30.0. The number of sulfonamides is 1. The molecule has 8 heteroatoms. The van der Waals surface area contributed by atoms with Crippen molar-refractivity contribution in [3.8, 4) is 0 Å². The van der Waals surface area contributed by atoms with Crippen molar-refractivity contribution in [2.75, 3.05) is 6.54 Å². The molecule has 0 radical (unpaired) electrons. The van der Waals surface area contributed by atoms with Gasteiger partial charge in [0.25, 0.3) is 0 Å². The summed E-state index contributed by atoms with van der Waals surface area (Å²) in [6.07, 6.45) is 4.93. The van der Waals surface area contributed by atoms with Crippen molar-refractivity contribution in [3.63, 3.8) is 0 Å². The number of aryl methyl sites for hydroxylation is 1. The topological polar surface area (TPSA) is 84.3 Å². The number of piperidine rings is 1. The third-order valence-corrected chi connectivity index (χ3v) is 7.43. The molecule has 2 aliphatic rings. The van der Waals surface area contributed by atoms with Gasteiger partial charge in [0.15, 0.2) is 0 Å². The van der Waals surface area contributed by atoms with Crippen LogP contribution in [0.5, 0.6) is 0 Å². The molecule has 3 heterocycles. The van der Waals surface area contributed by atoms with Gasteiger partial charge in [0.1, 0.15) is 4.90 Å². The van der Waals surface area contributed by atoms with Crippen molar-refractivity contribution >= 4 is 15.9 Å². The van der Waals surface area contributed by atoms with E-state index in [-0.39, 0.29) is 16.8 Å². The lowest BCUT2D eigenvalue weighted by molar-refractivity contribution is -0.126. The van der Waals surface area contributed by atoms with E-state index in [9.17, 15) is 13.2 Å². The van der Waals surface area contributed by atoms with Crippen LogP contribution < -0.4 is 5.32 Å². The molecule has 0 saturated carbocycles. The maximum absolute atomic E-state index is 13.3. The normalized spacial score (nSPS) is 29.0. The van der Waals surface area contributed by atoms with Crippen LogP contribution in [0.25, 0.3) is 0 Å². The molecular formula is C16H26N4O3S. The van der Waals surface area contributed by atoms with Gasteiger partial charge in [-0.1, -0.05) is 0 Å². The second-order valence-electron chi connectivity index (χ2n) is 7.00. The zero-order chi connectivity index (χ0) is 17.5. The Balaban J connectivity index is 2.02. The van der Waals surface area contributed by atoms with Crippen LogP contribution in [-0.2, 0) is 21.4 Å². The van der Waals surface area contributed by atoms with E-state index in [1.807, 2.05) is 13.8 Å². The van der Waals surface area contributed by atoms with Crippen molar-refractivity contribution in [2.45, 2.75) is 75.9 Å². The minimum atomic E-state index is -3.63. The van der Waals surface area contributed by atoms with Gasteiger partial charge in [-0.05, 0) is 46.5 Å². The number of hydrogen-bond acceptors (Lipinski definition) is 4.